The quantitative estimate of drug-likeness (QED) is 0.859. The zero-order valence-corrected chi connectivity index (χ0v) is 12.2. The van der Waals surface area contributed by atoms with E-state index in [1.165, 1.54) is 0 Å². The Balaban J connectivity index is 3.50. The zero-order valence-electron chi connectivity index (χ0n) is 9.82. The molecule has 1 unspecified atom stereocenters. The molecule has 0 saturated carbocycles. The highest BCUT2D eigenvalue weighted by atomic mass is 79.9. The molecule has 0 aliphatic carbocycles. The van der Waals surface area contributed by atoms with Gasteiger partial charge in [-0.05, 0) is 31.9 Å². The van der Waals surface area contributed by atoms with Gasteiger partial charge in [0.05, 0.1) is 4.90 Å². The molecule has 1 aromatic carbocycles. The van der Waals surface area contributed by atoms with E-state index in [4.69, 9.17) is 5.73 Å². The molecule has 6 heteroatoms. The molecule has 0 fully saturated rings. The molecule has 0 aliphatic rings. The van der Waals surface area contributed by atoms with Gasteiger partial charge in [-0.25, -0.2) is 8.42 Å². The molecule has 94 valence electrons. The van der Waals surface area contributed by atoms with Gasteiger partial charge in [0.1, 0.15) is 0 Å². The lowest BCUT2D eigenvalue weighted by Gasteiger charge is -2.14. The predicted octanol–water partition coefficient (Wildman–Crippen LogP) is 1.59. The first-order valence-electron chi connectivity index (χ1n) is 4.93. The molecule has 17 heavy (non-hydrogen) atoms. The summed E-state index contributed by atoms with van der Waals surface area (Å²) in [5.41, 5.74) is 7.24. The number of amides is 1. The van der Waals surface area contributed by atoms with E-state index in [0.29, 0.717) is 11.1 Å². The molecule has 0 radical (unpaired) electrons. The lowest BCUT2D eigenvalue weighted by Crippen LogP contribution is -2.31. The fraction of sp³-hybridized carbons (Fsp3) is 0.364. The highest BCUT2D eigenvalue weighted by molar-refractivity contribution is 9.11. The summed E-state index contributed by atoms with van der Waals surface area (Å²) in [6.07, 6.45) is 0. The zero-order chi connectivity index (χ0) is 13.4. The van der Waals surface area contributed by atoms with Gasteiger partial charge >= 0.3 is 0 Å². The van der Waals surface area contributed by atoms with Crippen molar-refractivity contribution in [2.24, 2.45) is 5.73 Å². The van der Waals surface area contributed by atoms with Crippen LogP contribution < -0.4 is 5.73 Å². The predicted molar refractivity (Wildman–Crippen MR) is 69.7 cm³/mol. The number of hydrogen-bond donors (Lipinski definition) is 1. The maximum atomic E-state index is 12.2. The van der Waals surface area contributed by atoms with E-state index in [-0.39, 0.29) is 4.90 Å². The molecule has 0 heterocycles. The number of carbonyl (C=O) groups excluding carboxylic acids is 1. The molecular formula is C11H14BrNO3S. The topological polar surface area (TPSA) is 77.2 Å². The van der Waals surface area contributed by atoms with E-state index in [9.17, 15) is 13.2 Å². The number of sulfone groups is 1. The van der Waals surface area contributed by atoms with Crippen molar-refractivity contribution >= 4 is 31.7 Å². The van der Waals surface area contributed by atoms with Crippen molar-refractivity contribution in [3.05, 3.63) is 28.8 Å². The summed E-state index contributed by atoms with van der Waals surface area (Å²) in [4.78, 5) is 11.2. The molecule has 0 aromatic heterocycles. The summed E-state index contributed by atoms with van der Waals surface area (Å²) in [6, 6.07) is 3.53. The molecule has 1 amide bonds. The SMILES string of the molecule is Cc1cc(C)c(S(=O)(=O)C(Br)C(N)=O)c(C)c1. The Morgan fingerprint density at radius 2 is 1.65 bits per heavy atom. The van der Waals surface area contributed by atoms with Gasteiger partial charge in [-0.3, -0.25) is 4.79 Å². The highest BCUT2D eigenvalue weighted by Gasteiger charge is 2.32. The Morgan fingerprint density at radius 3 is 2.00 bits per heavy atom. The summed E-state index contributed by atoms with van der Waals surface area (Å²) in [7, 11) is -3.77. The van der Waals surface area contributed by atoms with E-state index in [1.807, 2.05) is 6.92 Å². The van der Waals surface area contributed by atoms with Crippen LogP contribution in [0.2, 0.25) is 0 Å². The van der Waals surface area contributed by atoms with Crippen LogP contribution >= 0.6 is 15.9 Å². The van der Waals surface area contributed by atoms with Crippen LogP contribution in [0.3, 0.4) is 0 Å². The standard InChI is InChI=1S/C11H14BrNO3S/c1-6-4-7(2)9(8(3)5-6)17(15,16)10(12)11(13)14/h4-5,10H,1-3H3,(H2,13,14). The number of hydrogen-bond acceptors (Lipinski definition) is 3. The third-order valence-corrected chi connectivity index (χ3v) is 6.30. The largest absolute Gasteiger partial charge is 0.368 e. The minimum atomic E-state index is -3.77. The van der Waals surface area contributed by atoms with Gasteiger partial charge in [0, 0.05) is 0 Å². The summed E-state index contributed by atoms with van der Waals surface area (Å²) in [5.74, 6) is -0.913. The smallest absolute Gasteiger partial charge is 0.247 e. The van der Waals surface area contributed by atoms with Gasteiger partial charge in [-0.1, -0.05) is 33.6 Å². The molecule has 0 spiro atoms. The number of nitrogens with two attached hydrogens (primary N) is 1. The number of primary amides is 1. The van der Waals surface area contributed by atoms with Gasteiger partial charge in [0.2, 0.25) is 15.7 Å². The maximum absolute atomic E-state index is 12.2. The minimum absolute atomic E-state index is 0.170. The van der Waals surface area contributed by atoms with Gasteiger partial charge in [0.15, 0.2) is 4.16 Å². The Kier molecular flexibility index (Phi) is 3.99. The van der Waals surface area contributed by atoms with Gasteiger partial charge in [-0.2, -0.15) is 0 Å². The van der Waals surface area contributed by atoms with Gasteiger partial charge in [0.25, 0.3) is 0 Å². The van der Waals surface area contributed by atoms with Crippen molar-refractivity contribution in [1.29, 1.82) is 0 Å². The number of carbonyl (C=O) groups is 1. The van der Waals surface area contributed by atoms with E-state index >= 15 is 0 Å². The highest BCUT2D eigenvalue weighted by Crippen LogP contribution is 2.27. The Hall–Kier alpha value is -0.880. The van der Waals surface area contributed by atoms with Crippen molar-refractivity contribution in [1.82, 2.24) is 0 Å². The number of halogens is 1. The molecule has 1 rings (SSSR count). The van der Waals surface area contributed by atoms with Crippen LogP contribution in [-0.2, 0) is 14.6 Å². The van der Waals surface area contributed by atoms with Crippen molar-refractivity contribution in [3.63, 3.8) is 0 Å². The third kappa shape index (κ3) is 2.69. The van der Waals surface area contributed by atoms with Crippen molar-refractivity contribution in [2.45, 2.75) is 29.8 Å². The number of alkyl halides is 1. The second-order valence-corrected chi connectivity index (χ2v) is 7.48. The van der Waals surface area contributed by atoms with Gasteiger partial charge < -0.3 is 5.73 Å². The summed E-state index contributed by atoms with van der Waals surface area (Å²) >= 11 is 2.82. The lowest BCUT2D eigenvalue weighted by molar-refractivity contribution is -0.116. The second kappa shape index (κ2) is 4.78. The maximum Gasteiger partial charge on any atom is 0.247 e. The van der Waals surface area contributed by atoms with Gasteiger partial charge in [-0.15, -0.1) is 0 Å². The fourth-order valence-corrected chi connectivity index (χ4v) is 3.96. The van der Waals surface area contributed by atoms with E-state index < -0.39 is 19.9 Å². The molecule has 0 aliphatic heterocycles. The van der Waals surface area contributed by atoms with Crippen molar-refractivity contribution in [3.8, 4) is 0 Å². The first-order valence-corrected chi connectivity index (χ1v) is 7.39. The number of rotatable bonds is 3. The molecule has 1 aromatic rings. The van der Waals surface area contributed by atoms with Crippen LogP contribution in [-0.4, -0.2) is 18.5 Å². The monoisotopic (exact) mass is 319 g/mol. The average Bonchev–Trinajstić information content (AvgIpc) is 2.13. The number of benzene rings is 1. The van der Waals surface area contributed by atoms with Crippen LogP contribution in [0.4, 0.5) is 0 Å². The molecule has 0 saturated heterocycles. The van der Waals surface area contributed by atoms with Crippen LogP contribution in [0.25, 0.3) is 0 Å². The first-order chi connectivity index (χ1) is 7.67. The van der Waals surface area contributed by atoms with Crippen LogP contribution in [0.15, 0.2) is 17.0 Å². The molecule has 4 nitrogen and oxygen atoms in total. The minimum Gasteiger partial charge on any atom is -0.368 e. The summed E-state index contributed by atoms with van der Waals surface area (Å²) < 4.78 is 23.0. The molecule has 2 N–H and O–H groups in total. The molecule has 0 bridgehead atoms. The molecular weight excluding hydrogens is 306 g/mol. The third-order valence-electron chi connectivity index (χ3n) is 2.39. The van der Waals surface area contributed by atoms with Crippen LogP contribution in [0.1, 0.15) is 16.7 Å². The Morgan fingerprint density at radius 1 is 1.24 bits per heavy atom. The summed E-state index contributed by atoms with van der Waals surface area (Å²) in [6.45, 7) is 5.29. The van der Waals surface area contributed by atoms with E-state index in [2.05, 4.69) is 15.9 Å². The van der Waals surface area contributed by atoms with E-state index in [1.54, 1.807) is 26.0 Å². The van der Waals surface area contributed by atoms with Crippen molar-refractivity contribution in [2.75, 3.05) is 0 Å². The van der Waals surface area contributed by atoms with Crippen LogP contribution in [0, 0.1) is 20.8 Å². The lowest BCUT2D eigenvalue weighted by atomic mass is 10.1. The fourth-order valence-electron chi connectivity index (χ4n) is 1.87. The van der Waals surface area contributed by atoms with Crippen molar-refractivity contribution < 1.29 is 13.2 Å². The summed E-state index contributed by atoms with van der Waals surface area (Å²) in [5, 5.41) is 0. The number of aryl methyl sites for hydroxylation is 3. The van der Waals surface area contributed by atoms with Crippen LogP contribution in [0.5, 0.6) is 0 Å². The average molecular weight is 320 g/mol. The Labute approximate surface area is 109 Å². The second-order valence-electron chi connectivity index (χ2n) is 3.99. The van der Waals surface area contributed by atoms with E-state index in [0.717, 1.165) is 5.56 Å². The normalized spacial score (nSPS) is 13.4. The Bertz CT molecular complexity index is 543. The molecule has 1 atom stereocenters. The first kappa shape index (κ1) is 14.2.